The summed E-state index contributed by atoms with van der Waals surface area (Å²) < 4.78 is 1.85. The number of carboxylic acids is 1. The maximum absolute atomic E-state index is 13.0. The van der Waals surface area contributed by atoms with Gasteiger partial charge < -0.3 is 36.0 Å². The number of carbonyl (C=O) groups excluding carboxylic acids is 4. The number of carboxylic acid groups (broad SMARTS) is 1. The van der Waals surface area contributed by atoms with Crippen molar-refractivity contribution in [1.29, 1.82) is 0 Å². The first-order chi connectivity index (χ1) is 18.2. The van der Waals surface area contributed by atoms with Gasteiger partial charge in [-0.1, -0.05) is 5.16 Å². The van der Waals surface area contributed by atoms with E-state index in [1.807, 2.05) is 36.1 Å². The van der Waals surface area contributed by atoms with Crippen LogP contribution in [0.15, 0.2) is 58.0 Å². The lowest BCUT2D eigenvalue weighted by Crippen LogP contribution is -2.72. The van der Waals surface area contributed by atoms with E-state index in [2.05, 4.69) is 15.5 Å². The van der Waals surface area contributed by atoms with Crippen molar-refractivity contribution >= 4 is 51.6 Å². The molecule has 0 saturated carbocycles. The minimum atomic E-state index is -1.55. The van der Waals surface area contributed by atoms with E-state index in [-0.39, 0.29) is 28.9 Å². The summed E-state index contributed by atoms with van der Waals surface area (Å²) in [6.07, 6.45) is 6.21. The van der Waals surface area contributed by atoms with Crippen molar-refractivity contribution in [2.45, 2.75) is 31.3 Å². The highest BCUT2D eigenvalue weighted by Crippen LogP contribution is 2.38. The Hall–Kier alpha value is -4.59. The number of nitrogen functional groups attached to an aromatic ring is 1. The van der Waals surface area contributed by atoms with Crippen molar-refractivity contribution < 1.29 is 34.1 Å². The van der Waals surface area contributed by atoms with Crippen LogP contribution in [0.5, 0.6) is 0 Å². The number of hydrogen-bond acceptors (Lipinski definition) is 10. The molecular weight excluding hydrogens is 514 g/mol. The molecule has 38 heavy (non-hydrogen) atoms. The second-order valence-corrected chi connectivity index (χ2v) is 9.93. The summed E-state index contributed by atoms with van der Waals surface area (Å²) in [4.78, 5) is 57.4. The highest BCUT2D eigenvalue weighted by atomic mass is 32.1. The number of thiazole rings is 1. The van der Waals surface area contributed by atoms with Gasteiger partial charge in [-0.05, 0) is 30.9 Å². The van der Waals surface area contributed by atoms with Gasteiger partial charge in [0.1, 0.15) is 18.8 Å². The fourth-order valence-electron chi connectivity index (χ4n) is 4.92. The monoisotopic (exact) mass is 537 g/mol. The number of allylic oxidation sites excluding steroid dienone is 2. The van der Waals surface area contributed by atoms with E-state index in [0.717, 1.165) is 21.9 Å². The van der Waals surface area contributed by atoms with Gasteiger partial charge in [0.2, 0.25) is 0 Å². The molecule has 0 radical (unpaired) electrons. The number of hydrogen-bond donors (Lipinski definition) is 3. The van der Waals surface area contributed by atoms with Crippen LogP contribution in [0.1, 0.15) is 25.0 Å². The molecule has 4 N–H and O–H groups in total. The number of anilines is 2. The Morgan fingerprint density at radius 1 is 1.32 bits per heavy atom. The molecule has 2 aromatic heterocycles. The smallest absolute Gasteiger partial charge is 0.276 e. The van der Waals surface area contributed by atoms with Gasteiger partial charge in [0.15, 0.2) is 23.2 Å². The van der Waals surface area contributed by atoms with Crippen LogP contribution in [0.4, 0.5) is 10.8 Å². The minimum absolute atomic E-state index is 0.0451. The molecule has 0 bridgehead atoms. The van der Waals surface area contributed by atoms with Crippen LogP contribution in [-0.4, -0.2) is 63.1 Å². The molecule has 2 fully saturated rings. The molecule has 3 amide bonds. The van der Waals surface area contributed by atoms with Crippen LogP contribution >= 0.6 is 11.3 Å². The molecule has 2 atom stereocenters. The third kappa shape index (κ3) is 4.28. The molecule has 0 spiro atoms. The van der Waals surface area contributed by atoms with E-state index in [0.29, 0.717) is 30.5 Å². The van der Waals surface area contributed by atoms with Crippen molar-refractivity contribution in [2.24, 2.45) is 12.2 Å². The van der Waals surface area contributed by atoms with Crippen LogP contribution < -0.4 is 25.6 Å². The van der Waals surface area contributed by atoms with Crippen molar-refractivity contribution in [3.8, 4) is 0 Å². The molecule has 14 heteroatoms. The van der Waals surface area contributed by atoms with Gasteiger partial charge in [-0.15, -0.1) is 11.3 Å². The molecule has 196 valence electrons. The summed E-state index contributed by atoms with van der Waals surface area (Å²) in [7, 11) is 1.87. The minimum Gasteiger partial charge on any atom is -0.543 e. The quantitative estimate of drug-likeness (QED) is 0.100. The third-order valence-corrected chi connectivity index (χ3v) is 7.45. The molecule has 3 aliphatic rings. The van der Waals surface area contributed by atoms with E-state index >= 15 is 0 Å². The average Bonchev–Trinajstić information content (AvgIpc) is 3.48. The highest BCUT2D eigenvalue weighted by molar-refractivity contribution is 7.13. The predicted molar refractivity (Wildman–Crippen MR) is 131 cm³/mol. The van der Waals surface area contributed by atoms with Gasteiger partial charge in [-0.3, -0.25) is 14.4 Å². The number of fused-ring (bicyclic) bond motifs is 1. The molecule has 13 nitrogen and oxygen atoms in total. The Bertz CT molecular complexity index is 1440. The Balaban J connectivity index is 1.35. The van der Waals surface area contributed by atoms with Gasteiger partial charge in [0.05, 0.1) is 23.4 Å². The first-order valence-corrected chi connectivity index (χ1v) is 12.6. The summed E-state index contributed by atoms with van der Waals surface area (Å²) in [5.41, 5.74) is 6.37. The Morgan fingerprint density at radius 2 is 2.05 bits per heavy atom. The molecule has 2 saturated heterocycles. The Morgan fingerprint density at radius 3 is 2.68 bits per heavy atom. The maximum atomic E-state index is 13.0. The van der Waals surface area contributed by atoms with Crippen molar-refractivity contribution in [2.75, 3.05) is 17.2 Å². The van der Waals surface area contributed by atoms with E-state index < -0.39 is 35.6 Å². The number of aryl methyl sites for hydroxylation is 1. The summed E-state index contributed by atoms with van der Waals surface area (Å²) in [6, 6.07) is 1.98. The number of nitrogens with one attached hydrogen (secondary N) is 1. The second-order valence-electron chi connectivity index (χ2n) is 9.04. The van der Waals surface area contributed by atoms with E-state index in [1.54, 1.807) is 4.90 Å². The van der Waals surface area contributed by atoms with Gasteiger partial charge in [-0.25, -0.2) is 9.55 Å². The normalized spacial score (nSPS) is 22.6. The number of aliphatic carboxylic acids is 1. The second kappa shape index (κ2) is 9.70. The van der Waals surface area contributed by atoms with Crippen molar-refractivity contribution in [3.05, 3.63) is 58.5 Å². The zero-order chi connectivity index (χ0) is 27.1. The number of nitrogens with two attached hydrogens (primary N) is 1. The summed E-state index contributed by atoms with van der Waals surface area (Å²) in [6.45, 7) is 0.449. The van der Waals surface area contributed by atoms with Crippen molar-refractivity contribution in [1.82, 2.24) is 15.2 Å². The van der Waals surface area contributed by atoms with E-state index in [4.69, 9.17) is 5.73 Å². The fraction of sp³-hybridized carbons (Fsp3) is 0.292. The number of amides is 3. The zero-order valence-electron chi connectivity index (χ0n) is 20.2. The Labute approximate surface area is 220 Å². The van der Waals surface area contributed by atoms with Crippen LogP contribution in [0, 0.1) is 0 Å². The number of rotatable bonds is 6. The van der Waals surface area contributed by atoms with Crippen molar-refractivity contribution in [3.63, 3.8) is 0 Å². The SMILES string of the molecule is C[n+]1ccc(N2CCC(=CC3=C(C(=O)[O-])N4C(=O)[C@@H](NC(=O)C(=NO)c5csc(N)n5)[C@H]4CC3)C2=O)cc1. The first kappa shape index (κ1) is 25.1. The lowest BCUT2D eigenvalue weighted by molar-refractivity contribution is -0.671. The van der Waals surface area contributed by atoms with E-state index in [1.165, 1.54) is 11.5 Å². The lowest BCUT2D eigenvalue weighted by Gasteiger charge is -2.51. The number of oxime groups is 1. The van der Waals surface area contributed by atoms with Crippen LogP contribution in [0.2, 0.25) is 0 Å². The van der Waals surface area contributed by atoms with E-state index in [9.17, 15) is 29.5 Å². The summed E-state index contributed by atoms with van der Waals surface area (Å²) >= 11 is 1.05. The number of carbonyl (C=O) groups is 4. The lowest BCUT2D eigenvalue weighted by atomic mass is 9.82. The van der Waals surface area contributed by atoms with Crippen LogP contribution in [0.25, 0.3) is 0 Å². The van der Waals surface area contributed by atoms with Gasteiger partial charge in [0.25, 0.3) is 17.7 Å². The zero-order valence-corrected chi connectivity index (χ0v) is 21.0. The largest absolute Gasteiger partial charge is 0.543 e. The molecule has 5 heterocycles. The number of pyridine rings is 1. The summed E-state index contributed by atoms with van der Waals surface area (Å²) in [5, 5.41) is 28.5. The topological polar surface area (TPSA) is 185 Å². The molecule has 2 aromatic rings. The fourth-order valence-corrected chi connectivity index (χ4v) is 5.47. The molecule has 5 rings (SSSR count). The standard InChI is InChI=1S/C24H23N7O6S/c1-29-7-5-14(6-8-29)30-9-4-13(21(30)33)10-12-2-3-16-18(22(34)31(16)19(12)23(35)36)27-20(32)17(28-37)15-11-38-24(25)26-15/h5-8,10-11,16,18H,2-4,9H2,1H3,(H4-,25,26,27,32,35,36,37)/t16-,18+/m1/s1. The number of aromatic nitrogens is 2. The van der Waals surface area contributed by atoms with Crippen LogP contribution in [0.3, 0.4) is 0 Å². The third-order valence-electron chi connectivity index (χ3n) is 6.78. The number of β-lactam (4-membered cyclic amide) rings is 1. The molecule has 0 aliphatic carbocycles. The van der Waals surface area contributed by atoms with Gasteiger partial charge >= 0.3 is 0 Å². The highest BCUT2D eigenvalue weighted by Gasteiger charge is 2.52. The predicted octanol–water partition coefficient (Wildman–Crippen LogP) is -1.42. The number of nitrogens with zero attached hydrogens (tertiary/aromatic N) is 5. The molecule has 0 unspecified atom stereocenters. The molecular formula is C24H23N7O6S. The van der Waals surface area contributed by atoms with Gasteiger partial charge in [0, 0.05) is 29.6 Å². The van der Waals surface area contributed by atoms with Crippen LogP contribution in [-0.2, 0) is 26.2 Å². The average molecular weight is 538 g/mol. The summed E-state index contributed by atoms with van der Waals surface area (Å²) in [5.74, 6) is -3.28. The Kier molecular flexibility index (Phi) is 6.40. The first-order valence-electron chi connectivity index (χ1n) is 11.7. The molecule has 0 aromatic carbocycles. The van der Waals surface area contributed by atoms with Gasteiger partial charge in [-0.2, -0.15) is 0 Å². The molecule has 3 aliphatic heterocycles. The maximum Gasteiger partial charge on any atom is 0.276 e.